The molecule has 4 heteroatoms. The highest BCUT2D eigenvalue weighted by Crippen LogP contribution is 2.52. The van der Waals surface area contributed by atoms with Crippen molar-refractivity contribution in [1.82, 2.24) is 5.32 Å². The summed E-state index contributed by atoms with van der Waals surface area (Å²) in [5.41, 5.74) is 1.21. The van der Waals surface area contributed by atoms with Gasteiger partial charge in [-0.15, -0.1) is 6.58 Å². The van der Waals surface area contributed by atoms with Gasteiger partial charge in [0.25, 0.3) is 0 Å². The predicted molar refractivity (Wildman–Crippen MR) is 92.2 cm³/mol. The van der Waals surface area contributed by atoms with Gasteiger partial charge in [0.1, 0.15) is 6.61 Å². The van der Waals surface area contributed by atoms with Crippen LogP contribution in [0.2, 0.25) is 0 Å². The van der Waals surface area contributed by atoms with Gasteiger partial charge in [-0.25, -0.2) is 4.79 Å². The maximum atomic E-state index is 11.9. The Morgan fingerprint density at radius 1 is 1.57 bits per heavy atom. The molecule has 1 aliphatic heterocycles. The topological polar surface area (TPSA) is 47.6 Å². The van der Waals surface area contributed by atoms with E-state index in [2.05, 4.69) is 45.7 Å². The maximum absolute atomic E-state index is 11.9. The molecule has 1 aliphatic carbocycles. The van der Waals surface area contributed by atoms with Crippen molar-refractivity contribution >= 4 is 6.09 Å². The molecule has 1 heterocycles. The standard InChI is InChI=1S/C19H31NO3/c1-6-8-9-20-18(21)23-12-19-11-22-16(7-2)17(15(19)5)13(3)10-14(19)4/h7,10,14-17H,2,6,8-9,11-12H2,1,3-5H3,(H,20,21). The second kappa shape index (κ2) is 7.52. The van der Waals surface area contributed by atoms with Crippen LogP contribution in [0, 0.1) is 23.2 Å². The highest BCUT2D eigenvalue weighted by Gasteiger charge is 2.53. The molecule has 23 heavy (non-hydrogen) atoms. The lowest BCUT2D eigenvalue weighted by molar-refractivity contribution is -0.148. The van der Waals surface area contributed by atoms with Crippen LogP contribution >= 0.6 is 0 Å². The Labute approximate surface area is 140 Å². The van der Waals surface area contributed by atoms with E-state index >= 15 is 0 Å². The summed E-state index contributed by atoms with van der Waals surface area (Å²) in [4.78, 5) is 11.9. The van der Waals surface area contributed by atoms with Crippen molar-refractivity contribution in [2.45, 2.75) is 46.6 Å². The number of amides is 1. The third-order valence-corrected chi connectivity index (χ3v) is 5.79. The lowest BCUT2D eigenvalue weighted by Crippen LogP contribution is -2.56. The van der Waals surface area contributed by atoms with Crippen molar-refractivity contribution in [2.24, 2.45) is 23.2 Å². The molecule has 0 aromatic carbocycles. The van der Waals surface area contributed by atoms with Gasteiger partial charge in [0.2, 0.25) is 0 Å². The first kappa shape index (κ1) is 18.1. The van der Waals surface area contributed by atoms with Gasteiger partial charge in [-0.2, -0.15) is 0 Å². The first-order chi connectivity index (χ1) is 11.0. The third-order valence-electron chi connectivity index (χ3n) is 5.79. The van der Waals surface area contributed by atoms with Crippen molar-refractivity contribution in [3.63, 3.8) is 0 Å². The number of carbonyl (C=O) groups excluding carboxylic acids is 1. The Morgan fingerprint density at radius 3 is 2.96 bits per heavy atom. The molecular formula is C19H31NO3. The molecule has 4 nitrogen and oxygen atoms in total. The summed E-state index contributed by atoms with van der Waals surface area (Å²) >= 11 is 0. The average Bonchev–Trinajstić information content (AvgIpc) is 2.52. The number of allylic oxidation sites excluding steroid dienone is 1. The quantitative estimate of drug-likeness (QED) is 0.595. The fourth-order valence-electron chi connectivity index (χ4n) is 4.14. The Morgan fingerprint density at radius 2 is 2.30 bits per heavy atom. The minimum atomic E-state index is -0.319. The number of hydrogen-bond acceptors (Lipinski definition) is 3. The number of rotatable bonds is 6. The number of ether oxygens (including phenoxy) is 2. The van der Waals surface area contributed by atoms with Gasteiger partial charge in [0, 0.05) is 17.9 Å². The molecule has 1 N–H and O–H groups in total. The second-order valence-corrected chi connectivity index (χ2v) is 7.11. The van der Waals surface area contributed by atoms with Crippen LogP contribution in [0.1, 0.15) is 40.5 Å². The highest BCUT2D eigenvalue weighted by atomic mass is 16.6. The summed E-state index contributed by atoms with van der Waals surface area (Å²) in [6.07, 6.45) is 5.99. The Hall–Kier alpha value is -1.29. The Kier molecular flexibility index (Phi) is 5.90. The number of hydrogen-bond donors (Lipinski definition) is 1. The number of nitrogens with one attached hydrogen (secondary N) is 1. The molecule has 0 radical (unpaired) electrons. The molecular weight excluding hydrogens is 290 g/mol. The van der Waals surface area contributed by atoms with Crippen molar-refractivity contribution in [3.05, 3.63) is 24.3 Å². The van der Waals surface area contributed by atoms with Crippen LogP contribution in [0.4, 0.5) is 4.79 Å². The molecule has 0 saturated carbocycles. The SMILES string of the molecule is C=CC1OCC2(COC(=O)NCCCC)C(C)C=C(C)C1C2C. The van der Waals surface area contributed by atoms with Crippen LogP contribution in [0.5, 0.6) is 0 Å². The van der Waals surface area contributed by atoms with E-state index in [1.807, 2.05) is 6.08 Å². The van der Waals surface area contributed by atoms with Crippen molar-refractivity contribution < 1.29 is 14.3 Å². The third kappa shape index (κ3) is 3.47. The molecule has 0 aromatic heterocycles. The Balaban J connectivity index is 2.07. The molecule has 0 spiro atoms. The molecule has 2 bridgehead atoms. The molecule has 2 rings (SSSR count). The average molecular weight is 321 g/mol. The van der Waals surface area contributed by atoms with E-state index in [1.165, 1.54) is 5.57 Å². The van der Waals surface area contributed by atoms with Crippen molar-refractivity contribution in [1.29, 1.82) is 0 Å². The van der Waals surface area contributed by atoms with Crippen LogP contribution in [-0.2, 0) is 9.47 Å². The van der Waals surface area contributed by atoms with Gasteiger partial charge in [-0.1, -0.05) is 44.9 Å². The number of alkyl carbamates (subject to hydrolysis) is 1. The zero-order valence-corrected chi connectivity index (χ0v) is 14.9. The van der Waals surface area contributed by atoms with Crippen molar-refractivity contribution in [2.75, 3.05) is 19.8 Å². The maximum Gasteiger partial charge on any atom is 0.407 e. The molecule has 5 unspecified atom stereocenters. The second-order valence-electron chi connectivity index (χ2n) is 7.11. The summed E-state index contributed by atoms with van der Waals surface area (Å²) in [5, 5.41) is 2.82. The van der Waals surface area contributed by atoms with E-state index in [1.54, 1.807) is 0 Å². The van der Waals surface area contributed by atoms with Crippen LogP contribution in [-0.4, -0.2) is 32.0 Å². The lowest BCUT2D eigenvalue weighted by Gasteiger charge is -2.54. The summed E-state index contributed by atoms with van der Waals surface area (Å²) < 4.78 is 11.6. The van der Waals surface area contributed by atoms with E-state index in [-0.39, 0.29) is 17.6 Å². The predicted octanol–water partition coefficient (Wildman–Crippen LogP) is 3.93. The molecule has 0 aromatic rings. The molecule has 5 atom stereocenters. The zero-order chi connectivity index (χ0) is 17.0. The number of unbranched alkanes of at least 4 members (excludes halogenated alkanes) is 1. The summed E-state index contributed by atoms with van der Waals surface area (Å²) in [6, 6.07) is 0. The van der Waals surface area contributed by atoms with Gasteiger partial charge in [-0.05, 0) is 25.2 Å². The van der Waals surface area contributed by atoms with E-state index in [4.69, 9.17) is 9.47 Å². The van der Waals surface area contributed by atoms with E-state index in [9.17, 15) is 4.79 Å². The van der Waals surface area contributed by atoms with Crippen LogP contribution in [0.3, 0.4) is 0 Å². The van der Waals surface area contributed by atoms with E-state index in [0.29, 0.717) is 37.5 Å². The molecule has 1 saturated heterocycles. The molecule has 2 aliphatic rings. The normalized spacial score (nSPS) is 36.1. The van der Waals surface area contributed by atoms with E-state index in [0.717, 1.165) is 12.8 Å². The zero-order valence-electron chi connectivity index (χ0n) is 14.9. The van der Waals surface area contributed by atoms with Crippen molar-refractivity contribution in [3.8, 4) is 0 Å². The molecule has 130 valence electrons. The molecule has 1 amide bonds. The fourth-order valence-corrected chi connectivity index (χ4v) is 4.14. The summed E-state index contributed by atoms with van der Waals surface area (Å²) in [6.45, 7) is 14.3. The fraction of sp³-hybridized carbons (Fsp3) is 0.737. The Bertz CT molecular complexity index is 473. The lowest BCUT2D eigenvalue weighted by atomic mass is 9.56. The van der Waals surface area contributed by atoms with Gasteiger partial charge in [-0.3, -0.25) is 0 Å². The van der Waals surface area contributed by atoms with E-state index < -0.39 is 0 Å². The number of fused-ring (bicyclic) bond motifs is 2. The monoisotopic (exact) mass is 321 g/mol. The number of carbonyl (C=O) groups is 1. The minimum absolute atomic E-state index is 0.0558. The smallest absolute Gasteiger partial charge is 0.407 e. The first-order valence-electron chi connectivity index (χ1n) is 8.79. The van der Waals surface area contributed by atoms with Crippen LogP contribution in [0.15, 0.2) is 24.3 Å². The van der Waals surface area contributed by atoms with Crippen LogP contribution in [0.25, 0.3) is 0 Å². The molecule has 1 fully saturated rings. The largest absolute Gasteiger partial charge is 0.449 e. The highest BCUT2D eigenvalue weighted by molar-refractivity contribution is 5.67. The summed E-state index contributed by atoms with van der Waals surface area (Å²) in [7, 11) is 0. The van der Waals surface area contributed by atoms with Crippen LogP contribution < -0.4 is 5.32 Å². The van der Waals surface area contributed by atoms with Gasteiger partial charge in [0.05, 0.1) is 12.7 Å². The van der Waals surface area contributed by atoms with Gasteiger partial charge in [0.15, 0.2) is 0 Å². The van der Waals surface area contributed by atoms with Gasteiger partial charge >= 0.3 is 6.09 Å². The summed E-state index contributed by atoms with van der Waals surface area (Å²) in [5.74, 6) is 1.04. The minimum Gasteiger partial charge on any atom is -0.449 e. The van der Waals surface area contributed by atoms with Gasteiger partial charge < -0.3 is 14.8 Å². The first-order valence-corrected chi connectivity index (χ1v) is 8.79.